The number of benzene rings is 1. The van der Waals surface area contributed by atoms with Gasteiger partial charge in [0.2, 0.25) is 0 Å². The molecule has 0 unspecified atom stereocenters. The number of hydrogen-bond acceptors (Lipinski definition) is 3. The first-order chi connectivity index (χ1) is 8.76. The summed E-state index contributed by atoms with van der Waals surface area (Å²) in [5.41, 5.74) is 1.17. The maximum atomic E-state index is 5.83. The van der Waals surface area contributed by atoms with Gasteiger partial charge in [0.1, 0.15) is 0 Å². The summed E-state index contributed by atoms with van der Waals surface area (Å²) in [6.45, 7) is 5.54. The quantitative estimate of drug-likeness (QED) is 0.516. The van der Waals surface area contributed by atoms with Gasteiger partial charge in [-0.1, -0.05) is 30.3 Å². The van der Waals surface area contributed by atoms with Crippen molar-refractivity contribution in [2.75, 3.05) is 25.7 Å². The Morgan fingerprint density at radius 3 is 2.11 bits per heavy atom. The molecule has 0 aromatic heterocycles. The highest BCUT2D eigenvalue weighted by molar-refractivity contribution is 6.60. The van der Waals surface area contributed by atoms with Crippen LogP contribution in [-0.4, -0.2) is 34.5 Å². The minimum atomic E-state index is -2.64. The molecule has 0 fully saturated rings. The summed E-state index contributed by atoms with van der Waals surface area (Å²) in [5.74, 6) is 0.448. The first-order valence-corrected chi connectivity index (χ1v) is 8.74. The monoisotopic (exact) mass is 288 g/mol. The number of hydrogen-bond donors (Lipinski definition) is 0. The Kier molecular flexibility index (Phi) is 7.54. The van der Waals surface area contributed by atoms with Crippen LogP contribution in [0.3, 0.4) is 0 Å². The second-order valence-corrected chi connectivity index (χ2v) is 6.71. The predicted octanol–water partition coefficient (Wildman–Crippen LogP) is 3.04. The summed E-state index contributed by atoms with van der Waals surface area (Å²) in [6, 6.07) is 10.8. The van der Waals surface area contributed by atoms with Crippen LogP contribution >= 0.6 is 11.6 Å². The second-order valence-electron chi connectivity index (χ2n) is 3.75. The lowest BCUT2D eigenvalue weighted by Gasteiger charge is -2.28. The minimum absolute atomic E-state index is 0.448. The van der Waals surface area contributed by atoms with E-state index in [1.54, 1.807) is 0 Å². The third kappa shape index (κ3) is 5.08. The van der Waals surface area contributed by atoms with Crippen LogP contribution in [0, 0.1) is 0 Å². The van der Waals surface area contributed by atoms with E-state index in [9.17, 15) is 0 Å². The van der Waals surface area contributed by atoms with E-state index in [0.717, 1.165) is 0 Å². The van der Waals surface area contributed by atoms with Crippen molar-refractivity contribution in [2.45, 2.75) is 19.9 Å². The topological polar surface area (TPSA) is 27.7 Å². The largest absolute Gasteiger partial charge is 0.505 e. The van der Waals surface area contributed by atoms with Crippen molar-refractivity contribution < 1.29 is 13.3 Å². The van der Waals surface area contributed by atoms with Crippen LogP contribution in [0.1, 0.15) is 19.4 Å². The molecule has 0 aliphatic heterocycles. The third-order valence-electron chi connectivity index (χ3n) is 2.39. The van der Waals surface area contributed by atoms with Crippen LogP contribution in [0.5, 0.6) is 0 Å². The van der Waals surface area contributed by atoms with Gasteiger partial charge in [-0.2, -0.15) is 0 Å². The van der Waals surface area contributed by atoms with E-state index in [1.165, 1.54) is 5.56 Å². The molecule has 0 amide bonds. The summed E-state index contributed by atoms with van der Waals surface area (Å²) >= 11 is 5.70. The van der Waals surface area contributed by atoms with Crippen molar-refractivity contribution in [3.63, 3.8) is 0 Å². The molecular formula is C13H21ClO3Si. The fraction of sp³-hybridized carbons (Fsp3) is 0.538. The van der Waals surface area contributed by atoms with Gasteiger partial charge in [-0.3, -0.25) is 0 Å². The fourth-order valence-corrected chi connectivity index (χ4v) is 4.55. The lowest BCUT2D eigenvalue weighted by Crippen LogP contribution is -2.49. The zero-order chi connectivity index (χ0) is 13.3. The van der Waals surface area contributed by atoms with Gasteiger partial charge in [-0.25, -0.2) is 0 Å². The van der Waals surface area contributed by atoms with Crippen molar-refractivity contribution in [2.24, 2.45) is 0 Å². The molecule has 0 aliphatic carbocycles. The van der Waals surface area contributed by atoms with E-state index in [1.807, 2.05) is 32.0 Å². The summed E-state index contributed by atoms with van der Waals surface area (Å²) < 4.78 is 17.4. The van der Waals surface area contributed by atoms with E-state index in [-0.39, 0.29) is 0 Å². The molecule has 5 heteroatoms. The summed E-state index contributed by atoms with van der Waals surface area (Å²) in [4.78, 5) is 0. The highest BCUT2D eigenvalue weighted by Crippen LogP contribution is 2.17. The van der Waals surface area contributed by atoms with Crippen molar-refractivity contribution in [1.82, 2.24) is 0 Å². The lowest BCUT2D eigenvalue weighted by molar-refractivity contribution is 0.0709. The molecule has 0 atom stereocenters. The third-order valence-corrected chi connectivity index (χ3v) is 5.49. The predicted molar refractivity (Wildman–Crippen MR) is 75.8 cm³/mol. The molecule has 0 spiro atoms. The zero-order valence-electron chi connectivity index (χ0n) is 11.0. The first-order valence-electron chi connectivity index (χ1n) is 6.28. The molecule has 0 saturated heterocycles. The lowest BCUT2D eigenvalue weighted by atomic mass is 10.2. The molecule has 102 valence electrons. The highest BCUT2D eigenvalue weighted by Gasteiger charge is 2.40. The van der Waals surface area contributed by atoms with Crippen LogP contribution in [0.4, 0.5) is 0 Å². The highest BCUT2D eigenvalue weighted by atomic mass is 35.5. The van der Waals surface area contributed by atoms with Gasteiger partial charge in [-0.15, -0.1) is 11.6 Å². The normalized spacial score (nSPS) is 11.7. The molecule has 1 aromatic rings. The first kappa shape index (κ1) is 15.7. The summed E-state index contributed by atoms with van der Waals surface area (Å²) in [5, 5.41) is 0. The molecule has 18 heavy (non-hydrogen) atoms. The van der Waals surface area contributed by atoms with Crippen molar-refractivity contribution in [3.8, 4) is 0 Å². The summed E-state index contributed by atoms with van der Waals surface area (Å²) in [6.07, 6.45) is 0. The maximum Gasteiger partial charge on any atom is 0.505 e. The van der Waals surface area contributed by atoms with Crippen LogP contribution in [0.2, 0.25) is 0 Å². The van der Waals surface area contributed by atoms with E-state index >= 15 is 0 Å². The van der Waals surface area contributed by atoms with Crippen LogP contribution in [-0.2, 0) is 19.3 Å². The zero-order valence-corrected chi connectivity index (χ0v) is 12.8. The Hall–Kier alpha value is -0.393. The van der Waals surface area contributed by atoms with Gasteiger partial charge in [0.15, 0.2) is 0 Å². The Balaban J connectivity index is 2.79. The number of alkyl halides is 1. The van der Waals surface area contributed by atoms with E-state index < -0.39 is 8.80 Å². The van der Waals surface area contributed by atoms with Crippen LogP contribution in [0.25, 0.3) is 0 Å². The Bertz CT molecular complexity index is 315. The molecule has 0 heterocycles. The van der Waals surface area contributed by atoms with E-state index in [2.05, 4.69) is 12.1 Å². The van der Waals surface area contributed by atoms with Crippen LogP contribution in [0.15, 0.2) is 30.3 Å². The molecule has 1 aromatic carbocycles. The average molecular weight is 289 g/mol. The maximum absolute atomic E-state index is 5.83. The standard InChI is InChI=1S/C13H21ClO3Si/c1-3-15-18(16-4-2,17-11-10-14)12-13-8-6-5-7-9-13/h5-9H,3-4,10-12H2,1-2H3. The van der Waals surface area contributed by atoms with Crippen LogP contribution < -0.4 is 0 Å². The van der Waals surface area contributed by atoms with Gasteiger partial charge >= 0.3 is 8.80 Å². The molecule has 0 saturated carbocycles. The van der Waals surface area contributed by atoms with Gasteiger partial charge in [0.25, 0.3) is 0 Å². The molecule has 3 nitrogen and oxygen atoms in total. The smallest absolute Gasteiger partial charge is 0.374 e. The van der Waals surface area contributed by atoms with Gasteiger partial charge in [0.05, 0.1) is 6.61 Å². The SMILES string of the molecule is CCO[Si](Cc1ccccc1)(OCC)OCCCl. The Labute approximate surface area is 115 Å². The fourth-order valence-electron chi connectivity index (χ4n) is 1.76. The summed E-state index contributed by atoms with van der Waals surface area (Å²) in [7, 11) is -2.64. The molecule has 1 rings (SSSR count). The van der Waals surface area contributed by atoms with E-state index in [4.69, 9.17) is 24.9 Å². The molecule has 0 N–H and O–H groups in total. The minimum Gasteiger partial charge on any atom is -0.374 e. The van der Waals surface area contributed by atoms with E-state index in [0.29, 0.717) is 31.7 Å². The van der Waals surface area contributed by atoms with Crippen molar-refractivity contribution in [1.29, 1.82) is 0 Å². The molecule has 0 aliphatic rings. The number of halogens is 1. The average Bonchev–Trinajstić information content (AvgIpc) is 2.38. The second kappa shape index (κ2) is 8.66. The van der Waals surface area contributed by atoms with Gasteiger partial charge in [0, 0.05) is 25.1 Å². The number of rotatable bonds is 9. The molecule has 0 radical (unpaired) electrons. The van der Waals surface area contributed by atoms with Crippen molar-refractivity contribution >= 4 is 20.4 Å². The van der Waals surface area contributed by atoms with Gasteiger partial charge in [-0.05, 0) is 19.4 Å². The molecule has 0 bridgehead atoms. The Morgan fingerprint density at radius 2 is 1.61 bits per heavy atom. The van der Waals surface area contributed by atoms with Crippen molar-refractivity contribution in [3.05, 3.63) is 35.9 Å². The van der Waals surface area contributed by atoms with Gasteiger partial charge < -0.3 is 13.3 Å². The Morgan fingerprint density at radius 1 is 1.00 bits per heavy atom. The molecular weight excluding hydrogens is 268 g/mol.